The van der Waals surface area contributed by atoms with Gasteiger partial charge in [0, 0.05) is 36.0 Å². The minimum atomic E-state index is 0.553. The summed E-state index contributed by atoms with van der Waals surface area (Å²) in [5.41, 5.74) is 2.42. The predicted molar refractivity (Wildman–Crippen MR) is 81.1 cm³/mol. The Morgan fingerprint density at radius 3 is 2.95 bits per heavy atom. The number of aromatic nitrogens is 2. The molecular weight excluding hydrogens is 266 g/mol. The minimum Gasteiger partial charge on any atom is -0.497 e. The number of rotatable bonds is 5. The molecule has 1 fully saturated rings. The Bertz CT molecular complexity index is 603. The van der Waals surface area contributed by atoms with Gasteiger partial charge in [0.05, 0.1) is 27.1 Å². The van der Waals surface area contributed by atoms with Crippen molar-refractivity contribution in [1.29, 1.82) is 0 Å². The maximum absolute atomic E-state index is 5.48. The minimum absolute atomic E-state index is 0.553. The molecule has 21 heavy (non-hydrogen) atoms. The van der Waals surface area contributed by atoms with Crippen LogP contribution in [0.1, 0.15) is 23.6 Å². The molecule has 1 aromatic heterocycles. The topological polar surface area (TPSA) is 48.3 Å². The third-order valence-corrected chi connectivity index (χ3v) is 4.06. The molecule has 0 amide bonds. The van der Waals surface area contributed by atoms with Gasteiger partial charge >= 0.3 is 0 Å². The van der Waals surface area contributed by atoms with Gasteiger partial charge in [0.1, 0.15) is 11.5 Å². The van der Waals surface area contributed by atoms with Crippen molar-refractivity contribution in [2.75, 3.05) is 27.3 Å². The number of nitrogens with zero attached hydrogens (tertiary/aromatic N) is 2. The Morgan fingerprint density at radius 1 is 1.33 bits per heavy atom. The number of ether oxygens (including phenoxy) is 2. The maximum atomic E-state index is 5.48. The molecule has 5 nitrogen and oxygen atoms in total. The van der Waals surface area contributed by atoms with Gasteiger partial charge in [0.15, 0.2) is 0 Å². The van der Waals surface area contributed by atoms with Gasteiger partial charge in [-0.2, -0.15) is 0 Å². The molecular formula is C16H21N3O2. The average molecular weight is 287 g/mol. The lowest BCUT2D eigenvalue weighted by atomic mass is 10.1. The molecule has 1 atom stereocenters. The first-order valence-corrected chi connectivity index (χ1v) is 7.23. The average Bonchev–Trinajstić information content (AvgIpc) is 3.18. The molecule has 1 N–H and O–H groups in total. The fourth-order valence-electron chi connectivity index (χ4n) is 2.88. The largest absolute Gasteiger partial charge is 0.497 e. The van der Waals surface area contributed by atoms with Crippen LogP contribution in [-0.4, -0.2) is 36.9 Å². The number of imidazole rings is 1. The first-order valence-electron chi connectivity index (χ1n) is 7.23. The molecule has 5 heteroatoms. The molecule has 1 aromatic carbocycles. The summed E-state index contributed by atoms with van der Waals surface area (Å²) in [6.07, 6.45) is 5.05. The number of hydrogen-bond acceptors (Lipinski definition) is 4. The Balaban J connectivity index is 1.85. The summed E-state index contributed by atoms with van der Waals surface area (Å²) >= 11 is 0. The summed E-state index contributed by atoms with van der Waals surface area (Å²) < 4.78 is 12.9. The van der Waals surface area contributed by atoms with E-state index in [1.165, 1.54) is 12.1 Å². The van der Waals surface area contributed by atoms with E-state index in [2.05, 4.69) is 14.9 Å². The Morgan fingerprint density at radius 2 is 2.24 bits per heavy atom. The van der Waals surface area contributed by atoms with E-state index in [4.69, 9.17) is 9.47 Å². The van der Waals surface area contributed by atoms with E-state index >= 15 is 0 Å². The van der Waals surface area contributed by atoms with E-state index in [0.717, 1.165) is 36.7 Å². The molecule has 0 bridgehead atoms. The second-order valence-corrected chi connectivity index (χ2v) is 5.31. The normalized spacial score (nSPS) is 17.9. The van der Waals surface area contributed by atoms with E-state index in [1.54, 1.807) is 14.2 Å². The first kappa shape index (κ1) is 13.9. The molecule has 2 heterocycles. The lowest BCUT2D eigenvalue weighted by Gasteiger charge is -2.15. The molecule has 1 saturated heterocycles. The van der Waals surface area contributed by atoms with Crippen LogP contribution >= 0.6 is 0 Å². The second-order valence-electron chi connectivity index (χ2n) is 5.31. The lowest BCUT2D eigenvalue weighted by Crippen LogP contribution is -2.12. The molecule has 2 aromatic rings. The summed E-state index contributed by atoms with van der Waals surface area (Å²) in [6.45, 7) is 2.88. The van der Waals surface area contributed by atoms with Gasteiger partial charge in [0.2, 0.25) is 0 Å². The quantitative estimate of drug-likeness (QED) is 0.914. The van der Waals surface area contributed by atoms with Crippen LogP contribution in [0.25, 0.3) is 0 Å². The highest BCUT2D eigenvalue weighted by Gasteiger charge is 2.20. The van der Waals surface area contributed by atoms with Gasteiger partial charge in [0.25, 0.3) is 0 Å². The number of benzene rings is 1. The van der Waals surface area contributed by atoms with Crippen LogP contribution in [0.15, 0.2) is 30.7 Å². The van der Waals surface area contributed by atoms with Gasteiger partial charge in [-0.05, 0) is 25.1 Å². The van der Waals surface area contributed by atoms with Gasteiger partial charge in [-0.1, -0.05) is 0 Å². The third-order valence-electron chi connectivity index (χ3n) is 4.06. The standard InChI is InChI=1S/C16H21N3O2/c1-20-14-4-3-13(16(7-14)21-2)10-19-11-18-9-15(19)12-5-6-17-8-12/h3-4,7,9,11-12,17H,5-6,8,10H2,1-2H3. The van der Waals surface area contributed by atoms with Gasteiger partial charge in [-0.25, -0.2) is 4.98 Å². The Kier molecular flexibility index (Phi) is 4.10. The highest BCUT2D eigenvalue weighted by atomic mass is 16.5. The van der Waals surface area contributed by atoms with Crippen LogP contribution in [0.5, 0.6) is 11.5 Å². The molecule has 0 spiro atoms. The monoisotopic (exact) mass is 287 g/mol. The van der Waals surface area contributed by atoms with Gasteiger partial charge in [-0.15, -0.1) is 0 Å². The second kappa shape index (κ2) is 6.18. The summed E-state index contributed by atoms with van der Waals surface area (Å²) in [5, 5.41) is 3.41. The molecule has 0 saturated carbocycles. The Labute approximate surface area is 124 Å². The molecule has 1 unspecified atom stereocenters. The lowest BCUT2D eigenvalue weighted by molar-refractivity contribution is 0.390. The molecule has 0 radical (unpaired) electrons. The summed E-state index contributed by atoms with van der Waals surface area (Å²) in [4.78, 5) is 4.32. The van der Waals surface area contributed by atoms with Crippen molar-refractivity contribution < 1.29 is 9.47 Å². The van der Waals surface area contributed by atoms with Crippen LogP contribution in [0.4, 0.5) is 0 Å². The smallest absolute Gasteiger partial charge is 0.127 e. The van der Waals surface area contributed by atoms with Crippen LogP contribution in [0, 0.1) is 0 Å². The molecule has 3 rings (SSSR count). The number of hydrogen-bond donors (Lipinski definition) is 1. The van der Waals surface area contributed by atoms with Crippen molar-refractivity contribution in [1.82, 2.24) is 14.9 Å². The third kappa shape index (κ3) is 2.88. The highest BCUT2D eigenvalue weighted by molar-refractivity contribution is 5.41. The molecule has 1 aliphatic heterocycles. The summed E-state index contributed by atoms with van der Waals surface area (Å²) in [5.74, 6) is 2.21. The zero-order valence-corrected chi connectivity index (χ0v) is 12.5. The van der Waals surface area contributed by atoms with Crippen molar-refractivity contribution in [3.63, 3.8) is 0 Å². The van der Waals surface area contributed by atoms with Crippen molar-refractivity contribution in [3.05, 3.63) is 42.0 Å². The van der Waals surface area contributed by atoms with Crippen molar-refractivity contribution >= 4 is 0 Å². The number of nitrogens with one attached hydrogen (secondary N) is 1. The number of methoxy groups -OCH3 is 2. The van der Waals surface area contributed by atoms with Crippen molar-refractivity contribution in [3.8, 4) is 11.5 Å². The molecule has 1 aliphatic rings. The fourth-order valence-corrected chi connectivity index (χ4v) is 2.88. The van der Waals surface area contributed by atoms with Crippen LogP contribution in [-0.2, 0) is 6.54 Å². The van der Waals surface area contributed by atoms with E-state index in [9.17, 15) is 0 Å². The van der Waals surface area contributed by atoms with Gasteiger partial charge in [-0.3, -0.25) is 0 Å². The fraction of sp³-hybridized carbons (Fsp3) is 0.438. The van der Waals surface area contributed by atoms with E-state index in [-0.39, 0.29) is 0 Å². The first-order chi connectivity index (χ1) is 10.3. The van der Waals surface area contributed by atoms with Crippen molar-refractivity contribution in [2.45, 2.75) is 18.9 Å². The van der Waals surface area contributed by atoms with Crippen LogP contribution in [0.2, 0.25) is 0 Å². The van der Waals surface area contributed by atoms with E-state index in [1.807, 2.05) is 30.7 Å². The van der Waals surface area contributed by atoms with E-state index in [0.29, 0.717) is 5.92 Å². The highest BCUT2D eigenvalue weighted by Crippen LogP contribution is 2.27. The summed E-state index contributed by atoms with van der Waals surface area (Å²) in [6, 6.07) is 5.93. The predicted octanol–water partition coefficient (Wildman–Crippen LogP) is 2.03. The van der Waals surface area contributed by atoms with E-state index < -0.39 is 0 Å². The molecule has 112 valence electrons. The SMILES string of the molecule is COc1ccc(Cn2cncc2C2CCNC2)c(OC)c1. The van der Waals surface area contributed by atoms with Crippen molar-refractivity contribution in [2.24, 2.45) is 0 Å². The molecule has 0 aliphatic carbocycles. The van der Waals surface area contributed by atoms with Crippen LogP contribution in [0.3, 0.4) is 0 Å². The Hall–Kier alpha value is -2.01. The summed E-state index contributed by atoms with van der Waals surface area (Å²) in [7, 11) is 3.35. The van der Waals surface area contributed by atoms with Gasteiger partial charge < -0.3 is 19.4 Å². The zero-order valence-electron chi connectivity index (χ0n) is 12.5. The van der Waals surface area contributed by atoms with Crippen LogP contribution < -0.4 is 14.8 Å². The maximum Gasteiger partial charge on any atom is 0.127 e. The zero-order chi connectivity index (χ0) is 14.7.